The molecule has 10 heteroatoms. The van der Waals surface area contributed by atoms with Gasteiger partial charge in [-0.3, -0.25) is 9.59 Å². The number of nitrogens with one attached hydrogen (secondary N) is 2. The fourth-order valence-electron chi connectivity index (χ4n) is 6.54. The molecule has 232 valence electrons. The van der Waals surface area contributed by atoms with E-state index >= 15 is 0 Å². The van der Waals surface area contributed by atoms with E-state index in [2.05, 4.69) is 78.8 Å². The van der Waals surface area contributed by atoms with Gasteiger partial charge in [0.25, 0.3) is 5.91 Å². The molecule has 2 amide bonds. The van der Waals surface area contributed by atoms with Crippen molar-refractivity contribution in [3.63, 3.8) is 0 Å². The predicted octanol–water partition coefficient (Wildman–Crippen LogP) is 4.62. The van der Waals surface area contributed by atoms with Crippen molar-refractivity contribution in [1.29, 1.82) is 5.26 Å². The normalized spacial score (nSPS) is 20.8. The highest BCUT2D eigenvalue weighted by Gasteiger charge is 2.51. The van der Waals surface area contributed by atoms with Gasteiger partial charge < -0.3 is 15.1 Å². The van der Waals surface area contributed by atoms with E-state index < -0.39 is 6.04 Å². The van der Waals surface area contributed by atoms with Crippen molar-refractivity contribution in [3.05, 3.63) is 51.9 Å². The monoisotopic (exact) mass is 588 g/mol. The molecule has 1 saturated heterocycles. The highest BCUT2D eigenvalue weighted by Crippen LogP contribution is 2.46. The first-order valence-corrected chi connectivity index (χ1v) is 15.9. The molecule has 4 unspecified atom stereocenters. The average Bonchev–Trinajstić information content (AvgIpc) is 3.45. The van der Waals surface area contributed by atoms with Crippen molar-refractivity contribution in [2.24, 2.45) is 11.8 Å². The minimum Gasteiger partial charge on any atom is -0.339 e. The van der Waals surface area contributed by atoms with Gasteiger partial charge >= 0.3 is 0 Å². The van der Waals surface area contributed by atoms with Gasteiger partial charge in [0.1, 0.15) is 6.04 Å². The van der Waals surface area contributed by atoms with Gasteiger partial charge in [0.15, 0.2) is 5.82 Å². The van der Waals surface area contributed by atoms with Gasteiger partial charge in [0.05, 0.1) is 12.6 Å². The van der Waals surface area contributed by atoms with Gasteiger partial charge in [-0.2, -0.15) is 10.5 Å². The molecule has 4 rings (SSSR count). The van der Waals surface area contributed by atoms with Crippen LogP contribution in [0.2, 0.25) is 0 Å². The van der Waals surface area contributed by atoms with Crippen LogP contribution in [0.15, 0.2) is 29.3 Å². The topological polar surface area (TPSA) is 131 Å². The lowest BCUT2D eigenvalue weighted by Crippen LogP contribution is -2.45. The Labute approximate surface area is 256 Å². The third kappa shape index (κ3) is 7.69. The highest BCUT2D eigenvalue weighted by molar-refractivity contribution is 5.94. The Balaban J connectivity index is 1.51. The lowest BCUT2D eigenvalue weighted by molar-refractivity contribution is -0.132. The third-order valence-electron chi connectivity index (χ3n) is 9.54. The summed E-state index contributed by atoms with van der Waals surface area (Å²) in [6.07, 6.45) is 5.45. The maximum atomic E-state index is 13.3. The minimum absolute atomic E-state index is 0.0411. The molecule has 2 aliphatic rings. The first-order chi connectivity index (χ1) is 20.7. The van der Waals surface area contributed by atoms with Gasteiger partial charge in [-0.05, 0) is 101 Å². The van der Waals surface area contributed by atoms with E-state index in [9.17, 15) is 14.9 Å². The van der Waals surface area contributed by atoms with Crippen LogP contribution in [0.1, 0.15) is 107 Å². The molecule has 0 spiro atoms. The lowest BCUT2D eigenvalue weighted by Gasteiger charge is -2.26. The summed E-state index contributed by atoms with van der Waals surface area (Å²) in [7, 11) is 0. The molecule has 2 fully saturated rings. The first-order valence-electron chi connectivity index (χ1n) is 15.9. The Bertz CT molecular complexity index is 1320. The summed E-state index contributed by atoms with van der Waals surface area (Å²) < 4.78 is 0. The van der Waals surface area contributed by atoms with Crippen LogP contribution in [0.4, 0.5) is 0 Å². The van der Waals surface area contributed by atoms with Crippen LogP contribution in [0.25, 0.3) is 0 Å². The van der Waals surface area contributed by atoms with E-state index in [0.29, 0.717) is 30.6 Å². The number of aromatic amines is 1. The van der Waals surface area contributed by atoms with E-state index in [-0.39, 0.29) is 30.3 Å². The SMILES string of the molecule is CCC1C(N(C(=O)CNCCC(c2nn[nH]n2)c2ccc(C(=O)N3CCCC3)cc2CCC(C)=C(C)C)C(C)C#N)[C@H]1C. The van der Waals surface area contributed by atoms with Crippen LogP contribution in [0.3, 0.4) is 0 Å². The highest BCUT2D eigenvalue weighted by atomic mass is 16.2. The van der Waals surface area contributed by atoms with E-state index in [4.69, 9.17) is 0 Å². The number of H-pyrrole nitrogens is 1. The number of amides is 2. The molecule has 1 aromatic carbocycles. The second-order valence-electron chi connectivity index (χ2n) is 12.5. The number of hydrogen-bond acceptors (Lipinski definition) is 7. The average molecular weight is 589 g/mol. The van der Waals surface area contributed by atoms with Crippen molar-refractivity contribution in [1.82, 2.24) is 35.7 Å². The van der Waals surface area contributed by atoms with Crippen molar-refractivity contribution in [2.45, 2.75) is 98.1 Å². The molecule has 2 N–H and O–H groups in total. The summed E-state index contributed by atoms with van der Waals surface area (Å²) in [5.74, 6) is 1.34. The molecule has 1 saturated carbocycles. The zero-order chi connectivity index (χ0) is 31.1. The van der Waals surface area contributed by atoms with Gasteiger partial charge in [0, 0.05) is 30.6 Å². The van der Waals surface area contributed by atoms with Gasteiger partial charge in [-0.25, -0.2) is 0 Å². The van der Waals surface area contributed by atoms with Crippen LogP contribution in [-0.4, -0.2) is 80.5 Å². The van der Waals surface area contributed by atoms with E-state index in [0.717, 1.165) is 61.9 Å². The van der Waals surface area contributed by atoms with Crippen molar-refractivity contribution >= 4 is 11.8 Å². The molecule has 1 aliphatic carbocycles. The molecule has 1 aliphatic heterocycles. The Morgan fingerprint density at radius 1 is 1.23 bits per heavy atom. The lowest BCUT2D eigenvalue weighted by atomic mass is 9.87. The third-order valence-corrected chi connectivity index (χ3v) is 9.54. The van der Waals surface area contributed by atoms with E-state index in [1.54, 1.807) is 11.8 Å². The standard InChI is InChI=1S/C33H48N8O2/c1-7-27-24(6)31(27)41(23(5)19-34)30(42)20-35-15-14-29(32-36-38-39-37-32)28-13-12-26(33(43)40-16-8-9-17-40)18-25(28)11-10-22(4)21(2)3/h12-13,18,23-24,27,29,31,35H,7-11,14-17,20H2,1-6H3,(H,36,37,38,39)/t23?,24-,27?,29?,31?/m0/s1. The van der Waals surface area contributed by atoms with Crippen LogP contribution < -0.4 is 5.32 Å². The van der Waals surface area contributed by atoms with Crippen molar-refractivity contribution in [3.8, 4) is 6.07 Å². The van der Waals surface area contributed by atoms with Crippen molar-refractivity contribution in [2.75, 3.05) is 26.2 Å². The first kappa shape index (κ1) is 32.3. The summed E-state index contributed by atoms with van der Waals surface area (Å²) in [5, 5.41) is 28.0. The second kappa shape index (κ2) is 14.7. The maximum absolute atomic E-state index is 13.3. The van der Waals surface area contributed by atoms with Gasteiger partial charge in [0.2, 0.25) is 5.91 Å². The summed E-state index contributed by atoms with van der Waals surface area (Å²) in [4.78, 5) is 30.3. The number of rotatable bonds is 14. The van der Waals surface area contributed by atoms with Crippen LogP contribution in [0, 0.1) is 23.2 Å². The Morgan fingerprint density at radius 2 is 1.98 bits per heavy atom. The fourth-order valence-corrected chi connectivity index (χ4v) is 6.54. The molecule has 0 radical (unpaired) electrons. The molecule has 5 atom stereocenters. The van der Waals surface area contributed by atoms with Crippen LogP contribution >= 0.6 is 0 Å². The maximum Gasteiger partial charge on any atom is 0.253 e. The zero-order valence-corrected chi connectivity index (χ0v) is 26.7. The van der Waals surface area contributed by atoms with Crippen molar-refractivity contribution < 1.29 is 9.59 Å². The van der Waals surface area contributed by atoms with Gasteiger partial charge in [-0.15, -0.1) is 10.2 Å². The number of hydrogen-bond donors (Lipinski definition) is 2. The Kier molecular flexibility index (Phi) is 11.1. The quantitative estimate of drug-likeness (QED) is 0.243. The number of benzene rings is 1. The minimum atomic E-state index is -0.459. The summed E-state index contributed by atoms with van der Waals surface area (Å²) in [5.41, 5.74) is 5.55. The molecular formula is C33H48N8O2. The van der Waals surface area contributed by atoms with E-state index in [1.165, 1.54) is 11.1 Å². The largest absolute Gasteiger partial charge is 0.339 e. The summed E-state index contributed by atoms with van der Waals surface area (Å²) in [6.45, 7) is 14.9. The molecule has 1 aromatic heterocycles. The Morgan fingerprint density at radius 3 is 2.58 bits per heavy atom. The number of likely N-dealkylation sites (tertiary alicyclic amines) is 1. The second-order valence-corrected chi connectivity index (χ2v) is 12.5. The zero-order valence-electron chi connectivity index (χ0n) is 26.7. The van der Waals surface area contributed by atoms with Crippen LogP contribution in [0.5, 0.6) is 0 Å². The number of carbonyl (C=O) groups is 2. The molecule has 2 heterocycles. The van der Waals surface area contributed by atoms with Crippen LogP contribution in [-0.2, 0) is 11.2 Å². The molecule has 0 bridgehead atoms. The number of nitriles is 1. The number of carbonyl (C=O) groups excluding carboxylic acids is 2. The smallest absolute Gasteiger partial charge is 0.253 e. The molecule has 10 nitrogen and oxygen atoms in total. The van der Waals surface area contributed by atoms with E-state index in [1.807, 2.05) is 11.0 Å². The fraction of sp³-hybridized carbons (Fsp3) is 0.636. The number of aryl methyl sites for hydroxylation is 1. The van der Waals surface area contributed by atoms with Gasteiger partial charge in [-0.1, -0.05) is 42.7 Å². The number of aromatic nitrogens is 4. The predicted molar refractivity (Wildman–Crippen MR) is 166 cm³/mol. The summed E-state index contributed by atoms with van der Waals surface area (Å²) >= 11 is 0. The molecular weight excluding hydrogens is 540 g/mol. The number of nitrogens with zero attached hydrogens (tertiary/aromatic N) is 6. The number of tetrazole rings is 1. The summed E-state index contributed by atoms with van der Waals surface area (Å²) in [6, 6.07) is 7.98. The number of allylic oxidation sites excluding steroid dienone is 2. The Hall–Kier alpha value is -3.58. The molecule has 2 aromatic rings. The molecule has 43 heavy (non-hydrogen) atoms.